The van der Waals surface area contributed by atoms with Crippen molar-refractivity contribution in [3.63, 3.8) is 0 Å². The molecule has 2 atom stereocenters. The first-order valence-corrected chi connectivity index (χ1v) is 6.05. The van der Waals surface area contributed by atoms with Crippen LogP contribution in [0.4, 0.5) is 0 Å². The summed E-state index contributed by atoms with van der Waals surface area (Å²) in [4.78, 5) is 13.9. The third kappa shape index (κ3) is 2.86. The number of esters is 1. The second-order valence-electron chi connectivity index (χ2n) is 4.79. The van der Waals surface area contributed by atoms with Crippen molar-refractivity contribution in [3.05, 3.63) is 35.9 Å². The maximum atomic E-state index is 11.6. The Bertz CT molecular complexity index is 377. The van der Waals surface area contributed by atoms with Gasteiger partial charge in [0.25, 0.3) is 0 Å². The molecule has 1 saturated heterocycles. The van der Waals surface area contributed by atoms with Gasteiger partial charge in [0.05, 0.1) is 13.0 Å². The lowest BCUT2D eigenvalue weighted by atomic mass is 9.99. The highest BCUT2D eigenvalue weighted by Crippen LogP contribution is 2.25. The van der Waals surface area contributed by atoms with Crippen molar-refractivity contribution in [1.82, 2.24) is 4.90 Å². The van der Waals surface area contributed by atoms with Gasteiger partial charge in [-0.15, -0.1) is 0 Å². The Morgan fingerprint density at radius 1 is 1.35 bits per heavy atom. The van der Waals surface area contributed by atoms with Gasteiger partial charge in [-0.2, -0.15) is 0 Å². The number of likely N-dealkylation sites (tertiary alicyclic amines) is 1. The molecule has 0 N–H and O–H groups in total. The van der Waals surface area contributed by atoms with Gasteiger partial charge in [-0.25, -0.2) is 0 Å². The van der Waals surface area contributed by atoms with Crippen LogP contribution < -0.4 is 0 Å². The highest BCUT2D eigenvalue weighted by molar-refractivity contribution is 5.73. The maximum absolute atomic E-state index is 11.6. The second kappa shape index (κ2) is 5.32. The fourth-order valence-corrected chi connectivity index (χ4v) is 2.50. The third-order valence-corrected chi connectivity index (χ3v) is 3.44. The monoisotopic (exact) mass is 233 g/mol. The Balaban J connectivity index is 1.95. The maximum Gasteiger partial charge on any atom is 0.310 e. The summed E-state index contributed by atoms with van der Waals surface area (Å²) in [6.45, 7) is 4.81. The van der Waals surface area contributed by atoms with E-state index in [1.165, 1.54) is 12.7 Å². The SMILES string of the molecule is COC(=O)C1CN(Cc2ccccc2)CC1C. The molecule has 3 nitrogen and oxygen atoms in total. The summed E-state index contributed by atoms with van der Waals surface area (Å²) in [6.07, 6.45) is 0. The number of ether oxygens (including phenoxy) is 1. The topological polar surface area (TPSA) is 29.5 Å². The molecule has 0 bridgehead atoms. The summed E-state index contributed by atoms with van der Waals surface area (Å²) < 4.78 is 4.84. The van der Waals surface area contributed by atoms with Crippen LogP contribution in [0.2, 0.25) is 0 Å². The van der Waals surface area contributed by atoms with Crippen LogP contribution >= 0.6 is 0 Å². The molecule has 92 valence electrons. The number of carbonyl (C=O) groups excluding carboxylic acids is 1. The zero-order valence-corrected chi connectivity index (χ0v) is 10.4. The summed E-state index contributed by atoms with van der Waals surface area (Å²) in [5.74, 6) is 0.336. The molecular formula is C14H19NO2. The van der Waals surface area contributed by atoms with Crippen molar-refractivity contribution in [3.8, 4) is 0 Å². The van der Waals surface area contributed by atoms with Crippen LogP contribution in [0.3, 0.4) is 0 Å². The van der Waals surface area contributed by atoms with E-state index in [0.717, 1.165) is 19.6 Å². The summed E-state index contributed by atoms with van der Waals surface area (Å²) in [7, 11) is 1.47. The van der Waals surface area contributed by atoms with Gasteiger partial charge in [-0.05, 0) is 11.5 Å². The lowest BCUT2D eigenvalue weighted by Gasteiger charge is -2.15. The normalized spacial score (nSPS) is 24.8. The number of benzene rings is 1. The summed E-state index contributed by atoms with van der Waals surface area (Å²) in [6, 6.07) is 10.4. The highest BCUT2D eigenvalue weighted by atomic mass is 16.5. The molecule has 1 aliphatic heterocycles. The molecular weight excluding hydrogens is 214 g/mol. The first kappa shape index (κ1) is 12.1. The van der Waals surface area contributed by atoms with Crippen LogP contribution in [-0.2, 0) is 16.1 Å². The minimum Gasteiger partial charge on any atom is -0.469 e. The largest absolute Gasteiger partial charge is 0.469 e. The molecule has 3 heteroatoms. The minimum absolute atomic E-state index is 0.0312. The quantitative estimate of drug-likeness (QED) is 0.747. The number of nitrogens with zero attached hydrogens (tertiary/aromatic N) is 1. The van der Waals surface area contributed by atoms with Crippen molar-refractivity contribution in [1.29, 1.82) is 0 Å². The van der Waals surface area contributed by atoms with Crippen LogP contribution in [0.25, 0.3) is 0 Å². The van der Waals surface area contributed by atoms with Gasteiger partial charge in [0.2, 0.25) is 0 Å². The molecule has 0 amide bonds. The molecule has 2 rings (SSSR count). The van der Waals surface area contributed by atoms with Gasteiger partial charge in [0.1, 0.15) is 0 Å². The first-order chi connectivity index (χ1) is 8.20. The average molecular weight is 233 g/mol. The number of carbonyl (C=O) groups is 1. The predicted molar refractivity (Wildman–Crippen MR) is 66.4 cm³/mol. The summed E-state index contributed by atoms with van der Waals surface area (Å²) in [5.41, 5.74) is 1.30. The smallest absolute Gasteiger partial charge is 0.310 e. The first-order valence-electron chi connectivity index (χ1n) is 6.05. The number of methoxy groups -OCH3 is 1. The highest BCUT2D eigenvalue weighted by Gasteiger charge is 2.35. The second-order valence-corrected chi connectivity index (χ2v) is 4.79. The van der Waals surface area contributed by atoms with Crippen LogP contribution in [-0.4, -0.2) is 31.1 Å². The number of rotatable bonds is 3. The lowest BCUT2D eigenvalue weighted by molar-refractivity contribution is -0.146. The fraction of sp³-hybridized carbons (Fsp3) is 0.500. The van der Waals surface area contributed by atoms with Crippen molar-refractivity contribution in [2.24, 2.45) is 11.8 Å². The molecule has 0 radical (unpaired) electrons. The van der Waals surface area contributed by atoms with Gasteiger partial charge in [-0.3, -0.25) is 9.69 Å². The minimum atomic E-state index is -0.0759. The molecule has 17 heavy (non-hydrogen) atoms. The Morgan fingerprint density at radius 3 is 2.71 bits per heavy atom. The Morgan fingerprint density at radius 2 is 2.06 bits per heavy atom. The van der Waals surface area contributed by atoms with Crippen molar-refractivity contribution < 1.29 is 9.53 Å². The van der Waals surface area contributed by atoms with E-state index in [1.807, 2.05) is 18.2 Å². The van der Waals surface area contributed by atoms with Crippen molar-refractivity contribution in [2.75, 3.05) is 20.2 Å². The standard InChI is InChI=1S/C14H19NO2/c1-11-8-15(10-13(11)14(16)17-2)9-12-6-4-3-5-7-12/h3-7,11,13H,8-10H2,1-2H3. The van der Waals surface area contributed by atoms with E-state index in [9.17, 15) is 4.79 Å². The van der Waals surface area contributed by atoms with E-state index in [4.69, 9.17) is 4.74 Å². The van der Waals surface area contributed by atoms with Crippen LogP contribution in [0.15, 0.2) is 30.3 Å². The van der Waals surface area contributed by atoms with Gasteiger partial charge in [-0.1, -0.05) is 37.3 Å². The third-order valence-electron chi connectivity index (χ3n) is 3.44. The average Bonchev–Trinajstić information content (AvgIpc) is 2.70. The van der Waals surface area contributed by atoms with Gasteiger partial charge < -0.3 is 4.74 Å². The zero-order chi connectivity index (χ0) is 12.3. The van der Waals surface area contributed by atoms with Crippen LogP contribution in [0.1, 0.15) is 12.5 Å². The fourth-order valence-electron chi connectivity index (χ4n) is 2.50. The molecule has 0 spiro atoms. The van der Waals surface area contributed by atoms with Gasteiger partial charge in [0, 0.05) is 19.6 Å². The number of hydrogen-bond acceptors (Lipinski definition) is 3. The molecule has 1 fully saturated rings. The van der Waals surface area contributed by atoms with Crippen molar-refractivity contribution >= 4 is 5.97 Å². The van der Waals surface area contributed by atoms with Gasteiger partial charge in [0.15, 0.2) is 0 Å². The van der Waals surface area contributed by atoms with E-state index in [2.05, 4.69) is 24.0 Å². The Labute approximate surface area is 102 Å². The molecule has 0 aromatic heterocycles. The van der Waals surface area contributed by atoms with E-state index in [1.54, 1.807) is 0 Å². The zero-order valence-electron chi connectivity index (χ0n) is 10.4. The molecule has 1 aliphatic rings. The van der Waals surface area contributed by atoms with Crippen molar-refractivity contribution in [2.45, 2.75) is 13.5 Å². The summed E-state index contributed by atoms with van der Waals surface area (Å²) in [5, 5.41) is 0. The molecule has 1 heterocycles. The molecule has 1 aromatic carbocycles. The van der Waals surface area contributed by atoms with E-state index in [0.29, 0.717) is 5.92 Å². The molecule has 1 aromatic rings. The lowest BCUT2D eigenvalue weighted by Crippen LogP contribution is -2.24. The predicted octanol–water partition coefficient (Wildman–Crippen LogP) is 1.93. The van der Waals surface area contributed by atoms with Gasteiger partial charge >= 0.3 is 5.97 Å². The summed E-state index contributed by atoms with van der Waals surface area (Å²) >= 11 is 0. The Kier molecular flexibility index (Phi) is 3.79. The molecule has 2 unspecified atom stereocenters. The van der Waals surface area contributed by atoms with E-state index < -0.39 is 0 Å². The van der Waals surface area contributed by atoms with E-state index >= 15 is 0 Å². The number of hydrogen-bond donors (Lipinski definition) is 0. The molecule has 0 saturated carbocycles. The molecule has 0 aliphatic carbocycles. The Hall–Kier alpha value is -1.35. The van der Waals surface area contributed by atoms with Crippen LogP contribution in [0, 0.1) is 11.8 Å². The van der Waals surface area contributed by atoms with Crippen LogP contribution in [0.5, 0.6) is 0 Å². The van der Waals surface area contributed by atoms with E-state index in [-0.39, 0.29) is 11.9 Å².